The van der Waals surface area contributed by atoms with Crippen molar-refractivity contribution in [3.05, 3.63) is 70.0 Å². The Kier molecular flexibility index (Phi) is 7.89. The van der Waals surface area contributed by atoms with Gasteiger partial charge in [0.1, 0.15) is 11.4 Å². The Morgan fingerprint density at radius 2 is 1.75 bits per heavy atom. The fraction of sp³-hybridized carbons (Fsp3) is 0.250. The molecule has 36 heavy (non-hydrogen) atoms. The highest BCUT2D eigenvalue weighted by Crippen LogP contribution is 2.26. The number of aromatic nitrogens is 2. The summed E-state index contributed by atoms with van der Waals surface area (Å²) in [5, 5.41) is 12.5. The quantitative estimate of drug-likeness (QED) is 0.387. The molecule has 0 saturated carbocycles. The molecule has 12 heteroatoms. The number of aromatic amines is 1. The minimum absolute atomic E-state index is 0.105. The molecule has 1 atom stereocenters. The van der Waals surface area contributed by atoms with Crippen molar-refractivity contribution >= 4 is 56.3 Å². The molecule has 3 aromatic rings. The van der Waals surface area contributed by atoms with E-state index in [4.69, 9.17) is 27.9 Å². The highest BCUT2D eigenvalue weighted by atomic mass is 35.5. The number of carbonyl (C=O) groups excluding carboxylic acids is 2. The molecule has 1 unspecified atom stereocenters. The molecule has 3 N–H and O–H groups in total. The monoisotopic (exact) mass is 549 g/mol. The van der Waals surface area contributed by atoms with Gasteiger partial charge in [-0.15, -0.1) is 0 Å². The summed E-state index contributed by atoms with van der Waals surface area (Å²) in [6, 6.07) is 11.6. The first-order chi connectivity index (χ1) is 17.2. The van der Waals surface area contributed by atoms with E-state index in [1.54, 1.807) is 49.6 Å². The molecule has 4 rings (SSSR count). The van der Waals surface area contributed by atoms with Crippen LogP contribution in [0.25, 0.3) is 0 Å². The Bertz CT molecular complexity index is 1350. The summed E-state index contributed by atoms with van der Waals surface area (Å²) in [6.45, 7) is 0.994. The lowest BCUT2D eigenvalue weighted by Crippen LogP contribution is -2.46. The number of hydrogen-bond donors (Lipinski definition) is 3. The number of benzene rings is 2. The second-order valence-electron chi connectivity index (χ2n) is 8.20. The van der Waals surface area contributed by atoms with Gasteiger partial charge in [0, 0.05) is 24.0 Å². The van der Waals surface area contributed by atoms with Crippen LogP contribution in [0, 0.1) is 0 Å². The summed E-state index contributed by atoms with van der Waals surface area (Å²) in [6.07, 6.45) is 2.51. The molecule has 9 nitrogen and oxygen atoms in total. The smallest absolute Gasteiger partial charge is 0.271 e. The lowest BCUT2D eigenvalue weighted by Gasteiger charge is -2.34. The van der Waals surface area contributed by atoms with Crippen molar-refractivity contribution in [1.29, 1.82) is 0 Å². The van der Waals surface area contributed by atoms with Crippen molar-refractivity contribution in [2.24, 2.45) is 0 Å². The number of nitrogens with zero attached hydrogens (tertiary/aromatic N) is 2. The van der Waals surface area contributed by atoms with Crippen molar-refractivity contribution in [3.8, 4) is 5.75 Å². The molecular formula is C24H25Cl2N5O4S. The van der Waals surface area contributed by atoms with Crippen molar-refractivity contribution in [2.45, 2.75) is 23.8 Å². The maximum Gasteiger partial charge on any atom is 0.271 e. The van der Waals surface area contributed by atoms with Gasteiger partial charge in [0.2, 0.25) is 0 Å². The summed E-state index contributed by atoms with van der Waals surface area (Å²) in [5.41, 5.74) is 0.411. The van der Waals surface area contributed by atoms with Gasteiger partial charge in [-0.3, -0.25) is 14.7 Å². The molecule has 1 aromatic heterocycles. The average molecular weight is 550 g/mol. The SMILES string of the molecule is C=S(=O)(c1ccc(OC)cc1)N1CCC(NC(=O)c2[nH]ncc2NC(=O)c2c(Cl)cccc2Cl)CC1. The number of amides is 2. The van der Waals surface area contributed by atoms with Crippen LogP contribution in [0.5, 0.6) is 5.75 Å². The third-order valence-electron chi connectivity index (χ3n) is 5.94. The van der Waals surface area contributed by atoms with E-state index in [1.807, 2.05) is 4.31 Å². The molecule has 2 aromatic carbocycles. The number of ether oxygens (including phenoxy) is 1. The number of methoxy groups -OCH3 is 1. The number of rotatable bonds is 7. The second kappa shape index (κ2) is 10.9. The zero-order chi connectivity index (χ0) is 25.9. The third kappa shape index (κ3) is 5.52. The first-order valence-electron chi connectivity index (χ1n) is 11.1. The van der Waals surface area contributed by atoms with Crippen LogP contribution in [-0.2, 0) is 9.71 Å². The molecule has 0 aliphatic carbocycles. The van der Waals surface area contributed by atoms with E-state index in [1.165, 1.54) is 6.20 Å². The van der Waals surface area contributed by atoms with Crippen LogP contribution in [-0.4, -0.2) is 62.6 Å². The molecule has 0 spiro atoms. The minimum Gasteiger partial charge on any atom is -0.497 e. The van der Waals surface area contributed by atoms with Crippen molar-refractivity contribution in [1.82, 2.24) is 19.8 Å². The highest BCUT2D eigenvalue weighted by Gasteiger charge is 2.28. The lowest BCUT2D eigenvalue weighted by molar-refractivity contribution is 0.0920. The van der Waals surface area contributed by atoms with Gasteiger partial charge >= 0.3 is 0 Å². The number of piperidine rings is 1. The number of anilines is 1. The Morgan fingerprint density at radius 3 is 2.36 bits per heavy atom. The summed E-state index contributed by atoms with van der Waals surface area (Å²) >= 11 is 12.2. The number of hydrogen-bond acceptors (Lipinski definition) is 5. The zero-order valence-electron chi connectivity index (χ0n) is 19.4. The van der Waals surface area contributed by atoms with Gasteiger partial charge in [-0.25, -0.2) is 8.51 Å². The van der Waals surface area contributed by atoms with Crippen LogP contribution in [0.4, 0.5) is 5.69 Å². The van der Waals surface area contributed by atoms with E-state index in [2.05, 4.69) is 26.7 Å². The molecular weight excluding hydrogens is 525 g/mol. The van der Waals surface area contributed by atoms with Gasteiger partial charge in [0.25, 0.3) is 11.8 Å². The summed E-state index contributed by atoms with van der Waals surface area (Å²) in [7, 11) is -1.08. The van der Waals surface area contributed by atoms with Gasteiger partial charge in [-0.2, -0.15) is 5.10 Å². The van der Waals surface area contributed by atoms with Gasteiger partial charge < -0.3 is 15.4 Å². The number of H-pyrrole nitrogens is 1. The first kappa shape index (κ1) is 26.0. The molecule has 1 saturated heterocycles. The Balaban J connectivity index is 1.37. The fourth-order valence-corrected chi connectivity index (χ4v) is 6.17. The molecule has 1 aliphatic heterocycles. The van der Waals surface area contributed by atoms with Crippen molar-refractivity contribution in [2.75, 3.05) is 25.5 Å². The van der Waals surface area contributed by atoms with Crippen LogP contribution < -0.4 is 15.4 Å². The molecule has 2 amide bonds. The van der Waals surface area contributed by atoms with E-state index in [0.29, 0.717) is 36.6 Å². The van der Waals surface area contributed by atoms with Gasteiger partial charge in [0.05, 0.1) is 44.3 Å². The Labute approximate surface area is 219 Å². The van der Waals surface area contributed by atoms with Crippen molar-refractivity contribution < 1.29 is 18.5 Å². The largest absolute Gasteiger partial charge is 0.497 e. The Hall–Kier alpha value is -3.05. The molecule has 1 aliphatic rings. The molecule has 190 valence electrons. The summed E-state index contributed by atoms with van der Waals surface area (Å²) in [4.78, 5) is 26.3. The van der Waals surface area contributed by atoms with Gasteiger partial charge in [0.15, 0.2) is 0 Å². The fourth-order valence-electron chi connectivity index (χ4n) is 3.94. The third-order valence-corrected chi connectivity index (χ3v) is 8.78. The van der Waals surface area contributed by atoms with Crippen LogP contribution in [0.3, 0.4) is 0 Å². The summed E-state index contributed by atoms with van der Waals surface area (Å²) in [5.74, 6) is 3.68. The normalized spacial score (nSPS) is 16.2. The topological polar surface area (TPSA) is 116 Å². The predicted octanol–water partition coefficient (Wildman–Crippen LogP) is 3.86. The summed E-state index contributed by atoms with van der Waals surface area (Å²) < 4.78 is 20.4. The van der Waals surface area contributed by atoms with Gasteiger partial charge in [-0.1, -0.05) is 29.3 Å². The van der Waals surface area contributed by atoms with E-state index in [0.717, 1.165) is 0 Å². The van der Waals surface area contributed by atoms with Crippen LogP contribution in [0.15, 0.2) is 53.6 Å². The van der Waals surface area contributed by atoms with E-state index in [-0.39, 0.29) is 33.0 Å². The molecule has 0 radical (unpaired) electrons. The lowest BCUT2D eigenvalue weighted by atomic mass is 10.1. The second-order valence-corrected chi connectivity index (χ2v) is 11.3. The average Bonchev–Trinajstić information content (AvgIpc) is 3.32. The molecule has 1 fully saturated rings. The van der Waals surface area contributed by atoms with Crippen molar-refractivity contribution in [3.63, 3.8) is 0 Å². The van der Waals surface area contributed by atoms with Gasteiger partial charge in [-0.05, 0) is 55.1 Å². The number of nitrogens with one attached hydrogen (secondary N) is 3. The number of carbonyl (C=O) groups is 2. The van der Waals surface area contributed by atoms with Crippen LogP contribution in [0.1, 0.15) is 33.7 Å². The van der Waals surface area contributed by atoms with E-state index < -0.39 is 21.5 Å². The Morgan fingerprint density at radius 1 is 1.11 bits per heavy atom. The maximum atomic E-state index is 13.4. The first-order valence-corrected chi connectivity index (χ1v) is 13.5. The molecule has 2 heterocycles. The van der Waals surface area contributed by atoms with Crippen LogP contribution in [0.2, 0.25) is 10.0 Å². The predicted molar refractivity (Wildman–Crippen MR) is 142 cm³/mol. The highest BCUT2D eigenvalue weighted by molar-refractivity contribution is 7.98. The van der Waals surface area contributed by atoms with E-state index in [9.17, 15) is 13.8 Å². The standard InChI is InChI=1S/C24H25Cl2N5O4S/c1-35-16-6-8-17(9-7-16)36(2,34)31-12-10-15(11-13-31)28-24(33)22-20(14-27-30-22)29-23(32)21-18(25)4-3-5-19(21)26/h3-9,14-15H,2,10-13H2,1H3,(H,27,30)(H,28,33)(H,29,32). The van der Waals surface area contributed by atoms with E-state index >= 15 is 0 Å². The maximum absolute atomic E-state index is 13.4. The number of halogens is 2. The van der Waals surface area contributed by atoms with Crippen LogP contribution >= 0.6 is 23.2 Å². The minimum atomic E-state index is -2.66. The zero-order valence-corrected chi connectivity index (χ0v) is 21.8. The molecule has 0 bridgehead atoms.